The lowest BCUT2D eigenvalue weighted by Crippen LogP contribution is -2.05. The zero-order chi connectivity index (χ0) is 17.6. The molecule has 0 aliphatic heterocycles. The molecule has 6 nitrogen and oxygen atoms in total. The van der Waals surface area contributed by atoms with Crippen molar-refractivity contribution in [2.45, 2.75) is 25.7 Å². The van der Waals surface area contributed by atoms with E-state index in [0.29, 0.717) is 0 Å². The molecule has 2 heterocycles. The molecule has 0 bridgehead atoms. The number of fused-ring (bicyclic) bond motifs is 2. The first-order valence-corrected chi connectivity index (χ1v) is 9.26. The zero-order valence-electron chi connectivity index (χ0n) is 14.8. The number of rotatable bonds is 9. The van der Waals surface area contributed by atoms with Gasteiger partial charge in [0.1, 0.15) is 0 Å². The molecule has 0 spiro atoms. The number of hydrogen-bond donors (Lipinski definition) is 4. The topological polar surface area (TPSA) is 81.4 Å². The van der Waals surface area contributed by atoms with Crippen LogP contribution in [0.5, 0.6) is 0 Å². The minimum atomic E-state index is 0.859. The summed E-state index contributed by atoms with van der Waals surface area (Å²) in [4.78, 5) is 15.6. The van der Waals surface area contributed by atoms with Crippen LogP contribution in [0, 0.1) is 0 Å². The number of aromatic amines is 2. The minimum absolute atomic E-state index is 0.859. The van der Waals surface area contributed by atoms with Gasteiger partial charge in [0, 0.05) is 13.1 Å². The highest BCUT2D eigenvalue weighted by Gasteiger charge is 2.01. The first kappa shape index (κ1) is 16.4. The molecule has 4 N–H and O–H groups in total. The van der Waals surface area contributed by atoms with Gasteiger partial charge in [0.2, 0.25) is 11.9 Å². The summed E-state index contributed by atoms with van der Waals surface area (Å²) in [6.07, 6.45) is 4.69. The van der Waals surface area contributed by atoms with E-state index in [1.807, 2.05) is 48.5 Å². The highest BCUT2D eigenvalue weighted by Crippen LogP contribution is 2.14. The molecule has 0 radical (unpaired) electrons. The van der Waals surface area contributed by atoms with E-state index in [9.17, 15) is 0 Å². The Hall–Kier alpha value is -3.02. The van der Waals surface area contributed by atoms with Gasteiger partial charge in [0.15, 0.2) is 0 Å². The monoisotopic (exact) mass is 348 g/mol. The van der Waals surface area contributed by atoms with Gasteiger partial charge in [-0.05, 0) is 37.1 Å². The molecule has 2 aromatic carbocycles. The summed E-state index contributed by atoms with van der Waals surface area (Å²) in [5.74, 6) is 1.72. The summed E-state index contributed by atoms with van der Waals surface area (Å²) in [6, 6.07) is 16.2. The van der Waals surface area contributed by atoms with Crippen LogP contribution in [0.4, 0.5) is 11.9 Å². The standard InChI is InChI=1S/C20H24N6/c1(7-13-21-19-23-15-9-3-4-10-16(15)24-19)2-8-14-22-20-25-17-11-5-6-12-18(17)26-20/h3-6,9-12H,1-2,7-8,13-14H2,(H2,21,23,24)(H2,22,25,26). The Morgan fingerprint density at radius 1 is 0.615 bits per heavy atom. The molecule has 134 valence electrons. The maximum atomic E-state index is 4.52. The van der Waals surface area contributed by atoms with Crippen LogP contribution in [0.1, 0.15) is 25.7 Å². The van der Waals surface area contributed by atoms with E-state index in [1.165, 1.54) is 12.8 Å². The fourth-order valence-electron chi connectivity index (χ4n) is 3.09. The van der Waals surface area contributed by atoms with Gasteiger partial charge in [-0.15, -0.1) is 0 Å². The Bertz CT molecular complexity index is 824. The Morgan fingerprint density at radius 3 is 1.54 bits per heavy atom. The molecule has 0 atom stereocenters. The first-order chi connectivity index (χ1) is 12.9. The predicted molar refractivity (Wildman–Crippen MR) is 108 cm³/mol. The number of unbranched alkanes of at least 4 members (excludes halogenated alkanes) is 3. The molecule has 6 heteroatoms. The number of anilines is 2. The van der Waals surface area contributed by atoms with Crippen LogP contribution in [-0.2, 0) is 0 Å². The summed E-state index contributed by atoms with van der Waals surface area (Å²) in [6.45, 7) is 1.88. The number of benzene rings is 2. The van der Waals surface area contributed by atoms with Crippen molar-refractivity contribution in [2.24, 2.45) is 0 Å². The van der Waals surface area contributed by atoms with Gasteiger partial charge < -0.3 is 20.6 Å². The zero-order valence-corrected chi connectivity index (χ0v) is 14.8. The molecule has 0 aliphatic carbocycles. The third kappa shape index (κ3) is 3.96. The molecule has 0 saturated carbocycles. The van der Waals surface area contributed by atoms with Gasteiger partial charge >= 0.3 is 0 Å². The summed E-state index contributed by atoms with van der Waals surface area (Å²) >= 11 is 0. The number of H-pyrrole nitrogens is 2. The van der Waals surface area contributed by atoms with Crippen LogP contribution >= 0.6 is 0 Å². The van der Waals surface area contributed by atoms with E-state index >= 15 is 0 Å². The third-order valence-corrected chi connectivity index (χ3v) is 4.47. The number of nitrogens with zero attached hydrogens (tertiary/aromatic N) is 2. The van der Waals surface area contributed by atoms with Gasteiger partial charge in [-0.1, -0.05) is 37.1 Å². The SMILES string of the molecule is c1ccc2[nH]c(NCCCCCCNc3nc4ccccc4[nH]3)nc2c1. The normalized spacial score (nSPS) is 11.2. The number of aromatic nitrogens is 4. The van der Waals surface area contributed by atoms with Crippen LogP contribution in [0.3, 0.4) is 0 Å². The molecular weight excluding hydrogens is 324 g/mol. The smallest absolute Gasteiger partial charge is 0.201 e. The Kier molecular flexibility index (Phi) is 5.00. The summed E-state index contributed by atoms with van der Waals surface area (Å²) in [5, 5.41) is 6.74. The van der Waals surface area contributed by atoms with E-state index in [4.69, 9.17) is 0 Å². The lowest BCUT2D eigenvalue weighted by molar-refractivity contribution is 0.668. The number of imidazole rings is 2. The van der Waals surface area contributed by atoms with Gasteiger partial charge in [0.05, 0.1) is 22.1 Å². The van der Waals surface area contributed by atoms with E-state index in [2.05, 4.69) is 30.6 Å². The van der Waals surface area contributed by atoms with Crippen molar-refractivity contribution in [1.82, 2.24) is 19.9 Å². The minimum Gasteiger partial charge on any atom is -0.356 e. The Labute approximate surface area is 152 Å². The molecular formula is C20H24N6. The van der Waals surface area contributed by atoms with Gasteiger partial charge in [-0.3, -0.25) is 0 Å². The predicted octanol–water partition coefficient (Wildman–Crippen LogP) is 4.52. The second-order valence-corrected chi connectivity index (χ2v) is 6.47. The van der Waals surface area contributed by atoms with Gasteiger partial charge in [0.25, 0.3) is 0 Å². The average molecular weight is 348 g/mol. The fraction of sp³-hybridized carbons (Fsp3) is 0.300. The summed E-state index contributed by atoms with van der Waals surface area (Å²) < 4.78 is 0. The van der Waals surface area contributed by atoms with E-state index in [0.717, 1.165) is 59.9 Å². The van der Waals surface area contributed by atoms with E-state index < -0.39 is 0 Å². The number of para-hydroxylation sites is 4. The molecule has 0 unspecified atom stereocenters. The lowest BCUT2D eigenvalue weighted by atomic mass is 10.2. The molecule has 0 saturated heterocycles. The fourth-order valence-corrected chi connectivity index (χ4v) is 3.09. The third-order valence-electron chi connectivity index (χ3n) is 4.47. The quantitative estimate of drug-likeness (QED) is 0.335. The lowest BCUT2D eigenvalue weighted by Gasteiger charge is -2.04. The Morgan fingerprint density at radius 2 is 1.08 bits per heavy atom. The van der Waals surface area contributed by atoms with Crippen LogP contribution in [0.15, 0.2) is 48.5 Å². The van der Waals surface area contributed by atoms with E-state index in [-0.39, 0.29) is 0 Å². The number of nitrogens with one attached hydrogen (secondary N) is 4. The number of hydrogen-bond acceptors (Lipinski definition) is 4. The van der Waals surface area contributed by atoms with Crippen molar-refractivity contribution >= 4 is 34.0 Å². The first-order valence-electron chi connectivity index (χ1n) is 9.26. The molecule has 0 fully saturated rings. The second kappa shape index (κ2) is 7.91. The van der Waals surface area contributed by atoms with Crippen LogP contribution < -0.4 is 10.6 Å². The average Bonchev–Trinajstić information content (AvgIpc) is 3.26. The molecule has 0 aliphatic rings. The van der Waals surface area contributed by atoms with Crippen LogP contribution in [0.2, 0.25) is 0 Å². The largest absolute Gasteiger partial charge is 0.356 e. The highest BCUT2D eigenvalue weighted by atomic mass is 15.1. The molecule has 0 amide bonds. The van der Waals surface area contributed by atoms with Gasteiger partial charge in [-0.25, -0.2) is 9.97 Å². The highest BCUT2D eigenvalue weighted by molar-refractivity contribution is 5.77. The van der Waals surface area contributed by atoms with E-state index in [1.54, 1.807) is 0 Å². The van der Waals surface area contributed by atoms with Crippen molar-refractivity contribution < 1.29 is 0 Å². The van der Waals surface area contributed by atoms with Crippen LogP contribution in [-0.4, -0.2) is 33.0 Å². The maximum Gasteiger partial charge on any atom is 0.201 e. The van der Waals surface area contributed by atoms with Crippen molar-refractivity contribution in [1.29, 1.82) is 0 Å². The van der Waals surface area contributed by atoms with Gasteiger partial charge in [-0.2, -0.15) is 0 Å². The summed E-state index contributed by atoms with van der Waals surface area (Å²) in [5.41, 5.74) is 4.16. The molecule has 4 aromatic rings. The molecule has 4 rings (SSSR count). The molecule has 2 aromatic heterocycles. The second-order valence-electron chi connectivity index (χ2n) is 6.47. The van der Waals surface area contributed by atoms with Crippen molar-refractivity contribution in [3.63, 3.8) is 0 Å². The maximum absolute atomic E-state index is 4.52. The Balaban J connectivity index is 1.10. The van der Waals surface area contributed by atoms with Crippen molar-refractivity contribution in [2.75, 3.05) is 23.7 Å². The van der Waals surface area contributed by atoms with Crippen molar-refractivity contribution in [3.8, 4) is 0 Å². The van der Waals surface area contributed by atoms with Crippen LogP contribution in [0.25, 0.3) is 22.1 Å². The molecule has 26 heavy (non-hydrogen) atoms. The van der Waals surface area contributed by atoms with Crippen molar-refractivity contribution in [3.05, 3.63) is 48.5 Å². The summed E-state index contributed by atoms with van der Waals surface area (Å²) in [7, 11) is 0.